The van der Waals surface area contributed by atoms with Crippen LogP contribution in [0.15, 0.2) is 0 Å². The molecule has 112 valence electrons. The minimum atomic E-state index is 0.0991. The fourth-order valence-electron chi connectivity index (χ4n) is 2.44. The standard InChI is InChI=1S/C14H29N3O2/c1-11(15)5-6-14(18)16-7-4-8-17-9-12(2)19-13(3)10-17/h11-13H,4-10,15H2,1-3H3,(H,16,18). The van der Waals surface area contributed by atoms with Gasteiger partial charge in [0.15, 0.2) is 0 Å². The van der Waals surface area contributed by atoms with Crippen LogP contribution in [0.5, 0.6) is 0 Å². The summed E-state index contributed by atoms with van der Waals surface area (Å²) in [5.74, 6) is 0.112. The van der Waals surface area contributed by atoms with Gasteiger partial charge in [0.1, 0.15) is 0 Å². The van der Waals surface area contributed by atoms with Gasteiger partial charge >= 0.3 is 0 Å². The van der Waals surface area contributed by atoms with Gasteiger partial charge in [-0.1, -0.05) is 0 Å². The molecule has 1 aliphatic heterocycles. The van der Waals surface area contributed by atoms with Crippen molar-refractivity contribution >= 4 is 5.91 Å². The summed E-state index contributed by atoms with van der Waals surface area (Å²) in [4.78, 5) is 13.9. The monoisotopic (exact) mass is 271 g/mol. The largest absolute Gasteiger partial charge is 0.373 e. The van der Waals surface area contributed by atoms with Crippen molar-refractivity contribution in [2.45, 2.75) is 58.3 Å². The number of amides is 1. The number of nitrogens with zero attached hydrogens (tertiary/aromatic N) is 1. The molecule has 0 spiro atoms. The number of ether oxygens (including phenoxy) is 1. The molecule has 1 aliphatic rings. The van der Waals surface area contributed by atoms with E-state index in [0.29, 0.717) is 18.6 Å². The van der Waals surface area contributed by atoms with Crippen LogP contribution in [0.1, 0.15) is 40.0 Å². The average Bonchev–Trinajstić information content (AvgIpc) is 2.31. The first-order valence-corrected chi connectivity index (χ1v) is 7.37. The summed E-state index contributed by atoms with van der Waals surface area (Å²) in [6.45, 7) is 9.89. The lowest BCUT2D eigenvalue weighted by Crippen LogP contribution is -2.46. The third kappa shape index (κ3) is 7.50. The summed E-state index contributed by atoms with van der Waals surface area (Å²) in [5, 5.41) is 2.95. The number of hydrogen-bond donors (Lipinski definition) is 2. The number of carbonyl (C=O) groups is 1. The summed E-state index contributed by atoms with van der Waals surface area (Å²) >= 11 is 0. The highest BCUT2D eigenvalue weighted by Crippen LogP contribution is 2.10. The van der Waals surface area contributed by atoms with Crippen molar-refractivity contribution in [2.75, 3.05) is 26.2 Å². The van der Waals surface area contributed by atoms with Gasteiger partial charge in [-0.05, 0) is 33.6 Å². The normalized spacial score (nSPS) is 26.1. The second kappa shape index (κ2) is 8.51. The molecule has 0 radical (unpaired) electrons. The summed E-state index contributed by atoms with van der Waals surface area (Å²) in [6.07, 6.45) is 2.89. The molecule has 1 fully saturated rings. The number of nitrogens with two attached hydrogens (primary N) is 1. The lowest BCUT2D eigenvalue weighted by molar-refractivity contribution is -0.121. The van der Waals surface area contributed by atoms with Crippen LogP contribution < -0.4 is 11.1 Å². The SMILES string of the molecule is CC(N)CCC(=O)NCCCN1CC(C)OC(C)C1. The van der Waals surface area contributed by atoms with Crippen LogP contribution in [-0.2, 0) is 9.53 Å². The first-order chi connectivity index (χ1) is 8.97. The lowest BCUT2D eigenvalue weighted by atomic mass is 10.2. The number of rotatable bonds is 7. The Kier molecular flexibility index (Phi) is 7.34. The van der Waals surface area contributed by atoms with Gasteiger partial charge in [-0.15, -0.1) is 0 Å². The van der Waals surface area contributed by atoms with E-state index in [9.17, 15) is 4.79 Å². The Labute approximate surface area is 116 Å². The van der Waals surface area contributed by atoms with E-state index >= 15 is 0 Å². The molecule has 3 N–H and O–H groups in total. The van der Waals surface area contributed by atoms with E-state index in [0.717, 1.165) is 39.0 Å². The first kappa shape index (κ1) is 16.4. The second-order valence-corrected chi connectivity index (χ2v) is 5.74. The van der Waals surface area contributed by atoms with E-state index in [1.54, 1.807) is 0 Å². The molecule has 3 atom stereocenters. The molecule has 0 aromatic rings. The fraction of sp³-hybridized carbons (Fsp3) is 0.929. The maximum absolute atomic E-state index is 11.5. The topological polar surface area (TPSA) is 67.6 Å². The zero-order valence-corrected chi connectivity index (χ0v) is 12.5. The molecule has 1 heterocycles. The van der Waals surface area contributed by atoms with Crippen molar-refractivity contribution < 1.29 is 9.53 Å². The number of carbonyl (C=O) groups excluding carboxylic acids is 1. The smallest absolute Gasteiger partial charge is 0.220 e. The minimum absolute atomic E-state index is 0.0991. The van der Waals surface area contributed by atoms with Gasteiger partial charge < -0.3 is 15.8 Å². The molecule has 5 nitrogen and oxygen atoms in total. The number of nitrogens with one attached hydrogen (secondary N) is 1. The van der Waals surface area contributed by atoms with Gasteiger partial charge in [0, 0.05) is 38.6 Å². The van der Waals surface area contributed by atoms with Crippen LogP contribution in [0.2, 0.25) is 0 Å². The Bertz CT molecular complexity index is 261. The van der Waals surface area contributed by atoms with Crippen molar-refractivity contribution in [1.82, 2.24) is 10.2 Å². The Morgan fingerprint density at radius 3 is 2.63 bits per heavy atom. The Balaban J connectivity index is 2.05. The van der Waals surface area contributed by atoms with Gasteiger partial charge in [0.2, 0.25) is 5.91 Å². The van der Waals surface area contributed by atoms with Crippen LogP contribution in [0.25, 0.3) is 0 Å². The molecule has 1 saturated heterocycles. The third-order valence-electron chi connectivity index (χ3n) is 3.30. The molecule has 19 heavy (non-hydrogen) atoms. The molecule has 0 aromatic carbocycles. The number of hydrogen-bond acceptors (Lipinski definition) is 4. The minimum Gasteiger partial charge on any atom is -0.373 e. The molecule has 3 unspecified atom stereocenters. The van der Waals surface area contributed by atoms with E-state index in [1.165, 1.54) is 0 Å². The van der Waals surface area contributed by atoms with Crippen molar-refractivity contribution in [2.24, 2.45) is 5.73 Å². The molecule has 1 amide bonds. The highest BCUT2D eigenvalue weighted by molar-refractivity contribution is 5.75. The molecule has 0 aromatic heterocycles. The van der Waals surface area contributed by atoms with Gasteiger partial charge in [-0.2, -0.15) is 0 Å². The highest BCUT2D eigenvalue weighted by Gasteiger charge is 2.21. The lowest BCUT2D eigenvalue weighted by Gasteiger charge is -2.35. The fourth-order valence-corrected chi connectivity index (χ4v) is 2.44. The molecular weight excluding hydrogens is 242 g/mol. The van der Waals surface area contributed by atoms with Gasteiger partial charge in [-0.3, -0.25) is 9.69 Å². The zero-order valence-electron chi connectivity index (χ0n) is 12.5. The van der Waals surface area contributed by atoms with Crippen molar-refractivity contribution in [3.05, 3.63) is 0 Å². The van der Waals surface area contributed by atoms with Crippen molar-refractivity contribution in [1.29, 1.82) is 0 Å². The maximum atomic E-state index is 11.5. The molecule has 1 rings (SSSR count). The van der Waals surface area contributed by atoms with E-state index in [4.69, 9.17) is 10.5 Å². The van der Waals surface area contributed by atoms with E-state index < -0.39 is 0 Å². The van der Waals surface area contributed by atoms with Crippen LogP contribution in [0, 0.1) is 0 Å². The summed E-state index contributed by atoms with van der Waals surface area (Å²) in [7, 11) is 0. The van der Waals surface area contributed by atoms with E-state index in [1.807, 2.05) is 6.92 Å². The maximum Gasteiger partial charge on any atom is 0.220 e. The summed E-state index contributed by atoms with van der Waals surface area (Å²) in [5.41, 5.74) is 5.62. The van der Waals surface area contributed by atoms with Crippen LogP contribution in [-0.4, -0.2) is 55.2 Å². The van der Waals surface area contributed by atoms with Crippen LogP contribution in [0.4, 0.5) is 0 Å². The van der Waals surface area contributed by atoms with Crippen molar-refractivity contribution in [3.63, 3.8) is 0 Å². The van der Waals surface area contributed by atoms with Gasteiger partial charge in [-0.25, -0.2) is 0 Å². The van der Waals surface area contributed by atoms with E-state index in [-0.39, 0.29) is 11.9 Å². The summed E-state index contributed by atoms with van der Waals surface area (Å²) in [6, 6.07) is 0.0991. The Hall–Kier alpha value is -0.650. The predicted octanol–water partition coefficient (Wildman–Crippen LogP) is 0.729. The Morgan fingerprint density at radius 2 is 2.05 bits per heavy atom. The molecule has 0 saturated carbocycles. The second-order valence-electron chi connectivity index (χ2n) is 5.74. The average molecular weight is 271 g/mol. The van der Waals surface area contributed by atoms with E-state index in [2.05, 4.69) is 24.1 Å². The van der Waals surface area contributed by atoms with Crippen molar-refractivity contribution in [3.8, 4) is 0 Å². The molecule has 0 bridgehead atoms. The molecular formula is C14H29N3O2. The van der Waals surface area contributed by atoms with Gasteiger partial charge in [0.25, 0.3) is 0 Å². The number of morpholine rings is 1. The Morgan fingerprint density at radius 1 is 1.42 bits per heavy atom. The molecule has 5 heteroatoms. The molecule has 0 aliphatic carbocycles. The zero-order chi connectivity index (χ0) is 14.3. The first-order valence-electron chi connectivity index (χ1n) is 7.37. The third-order valence-corrected chi connectivity index (χ3v) is 3.30. The quantitative estimate of drug-likeness (QED) is 0.670. The highest BCUT2D eigenvalue weighted by atomic mass is 16.5. The van der Waals surface area contributed by atoms with Gasteiger partial charge in [0.05, 0.1) is 12.2 Å². The van der Waals surface area contributed by atoms with Crippen LogP contribution >= 0.6 is 0 Å². The van der Waals surface area contributed by atoms with Crippen LogP contribution in [0.3, 0.4) is 0 Å². The summed E-state index contributed by atoms with van der Waals surface area (Å²) < 4.78 is 5.69. The predicted molar refractivity (Wildman–Crippen MR) is 77.0 cm³/mol.